The van der Waals surface area contributed by atoms with Gasteiger partial charge in [-0.05, 0) is 31.0 Å². The van der Waals surface area contributed by atoms with Gasteiger partial charge in [0.1, 0.15) is 22.5 Å². The molecule has 0 unspecified atom stereocenters. The molecular weight excluding hydrogens is 558 g/mol. The van der Waals surface area contributed by atoms with Gasteiger partial charge in [0.25, 0.3) is 5.91 Å². The smallest absolute Gasteiger partial charge is 0.368 e. The molecule has 0 saturated heterocycles. The van der Waals surface area contributed by atoms with Gasteiger partial charge in [-0.1, -0.05) is 16.8 Å². The number of amides is 2. The zero-order chi connectivity index (χ0) is 28.4. The van der Waals surface area contributed by atoms with Crippen LogP contribution in [0.25, 0.3) is 22.7 Å². The van der Waals surface area contributed by atoms with Crippen molar-refractivity contribution in [3.8, 4) is 22.7 Å². The second-order valence-corrected chi connectivity index (χ2v) is 8.84. The van der Waals surface area contributed by atoms with Crippen molar-refractivity contribution in [3.05, 3.63) is 46.1 Å². The van der Waals surface area contributed by atoms with E-state index in [4.69, 9.17) is 21.9 Å². The van der Waals surface area contributed by atoms with Gasteiger partial charge in [-0.15, -0.1) is 0 Å². The van der Waals surface area contributed by atoms with E-state index in [1.807, 2.05) is 0 Å². The maximum atomic E-state index is 13.9. The number of carbonyl (C=O) groups is 2. The molecule has 2 heterocycles. The molecular formula is C21H14ClF8N5O3. The number of carbonyl (C=O) groups excluding carboxylic acids is 2. The highest BCUT2D eigenvalue weighted by atomic mass is 35.5. The zero-order valence-electron chi connectivity index (χ0n) is 18.8. The summed E-state index contributed by atoms with van der Waals surface area (Å²) in [4.78, 5) is 24.2. The second kappa shape index (κ2) is 8.68. The molecule has 17 heteroatoms. The van der Waals surface area contributed by atoms with Crippen LogP contribution in [0.1, 0.15) is 34.5 Å². The molecule has 38 heavy (non-hydrogen) atoms. The predicted octanol–water partition coefficient (Wildman–Crippen LogP) is 4.82. The molecule has 2 aromatic heterocycles. The number of alkyl halides is 8. The van der Waals surface area contributed by atoms with Crippen molar-refractivity contribution >= 4 is 23.4 Å². The molecule has 0 atom stereocenters. The highest BCUT2D eigenvalue weighted by Gasteiger charge is 2.64. The number of rotatable bonds is 6. The monoisotopic (exact) mass is 571 g/mol. The third kappa shape index (κ3) is 4.56. The van der Waals surface area contributed by atoms with Crippen LogP contribution < -0.4 is 11.1 Å². The number of hydrogen-bond acceptors (Lipinski definition) is 5. The minimum absolute atomic E-state index is 0.0267. The SMILES string of the molecule is Cn1nc(C(F)(F)C(F)(F)F)c(C(F)(F)F)c1-c1cc(-c2ccc(Cl)c(C(=O)NC3(C(N)=O)CC3)c2)on1. The van der Waals surface area contributed by atoms with Gasteiger partial charge in [-0.25, -0.2) is 0 Å². The average Bonchev–Trinajstić information content (AvgIpc) is 3.24. The summed E-state index contributed by atoms with van der Waals surface area (Å²) in [5.41, 5.74) is -2.97. The Balaban J connectivity index is 1.76. The molecule has 0 spiro atoms. The summed E-state index contributed by atoms with van der Waals surface area (Å²) < 4.78 is 113. The van der Waals surface area contributed by atoms with Crippen LogP contribution in [-0.4, -0.2) is 38.5 Å². The van der Waals surface area contributed by atoms with E-state index in [1.165, 1.54) is 12.1 Å². The predicted molar refractivity (Wildman–Crippen MR) is 113 cm³/mol. The largest absolute Gasteiger partial charge is 0.459 e. The molecule has 1 aromatic carbocycles. The first kappa shape index (κ1) is 27.3. The molecule has 1 aliphatic carbocycles. The molecule has 1 fully saturated rings. The Morgan fingerprint density at radius 3 is 2.26 bits per heavy atom. The van der Waals surface area contributed by atoms with E-state index in [9.17, 15) is 44.7 Å². The topological polar surface area (TPSA) is 116 Å². The highest BCUT2D eigenvalue weighted by molar-refractivity contribution is 6.34. The summed E-state index contributed by atoms with van der Waals surface area (Å²) in [5.74, 6) is -7.77. The van der Waals surface area contributed by atoms with E-state index in [0.29, 0.717) is 12.8 Å². The molecule has 0 aliphatic heterocycles. The summed E-state index contributed by atoms with van der Waals surface area (Å²) in [7, 11) is 0.728. The lowest BCUT2D eigenvalue weighted by Gasteiger charge is -2.19. The lowest BCUT2D eigenvalue weighted by Crippen LogP contribution is -2.46. The van der Waals surface area contributed by atoms with E-state index in [1.54, 1.807) is 0 Å². The van der Waals surface area contributed by atoms with Crippen LogP contribution in [-0.2, 0) is 23.9 Å². The fourth-order valence-corrected chi connectivity index (χ4v) is 3.86. The van der Waals surface area contributed by atoms with Gasteiger partial charge in [-0.3, -0.25) is 14.3 Å². The van der Waals surface area contributed by atoms with E-state index in [2.05, 4.69) is 15.6 Å². The number of halogens is 9. The normalized spacial score (nSPS) is 15.4. The van der Waals surface area contributed by atoms with Crippen molar-refractivity contribution in [2.45, 2.75) is 36.7 Å². The fourth-order valence-electron chi connectivity index (χ4n) is 3.66. The lowest BCUT2D eigenvalue weighted by atomic mass is 10.0. The Hall–Kier alpha value is -3.69. The molecule has 3 N–H and O–H groups in total. The van der Waals surface area contributed by atoms with Crippen molar-refractivity contribution in [1.29, 1.82) is 0 Å². The number of aryl methyl sites for hydroxylation is 1. The summed E-state index contributed by atoms with van der Waals surface area (Å²) in [5, 5.41) is 8.58. The number of primary amides is 1. The van der Waals surface area contributed by atoms with Crippen LogP contribution in [0.5, 0.6) is 0 Å². The molecule has 1 saturated carbocycles. The van der Waals surface area contributed by atoms with Gasteiger partial charge >= 0.3 is 18.3 Å². The molecule has 2 amide bonds. The number of benzene rings is 1. The van der Waals surface area contributed by atoms with Crippen molar-refractivity contribution in [3.63, 3.8) is 0 Å². The number of hydrogen-bond donors (Lipinski definition) is 2. The quantitative estimate of drug-likeness (QED) is 0.412. The van der Waals surface area contributed by atoms with Crippen molar-refractivity contribution < 1.29 is 49.2 Å². The molecule has 4 rings (SSSR count). The Kier molecular flexibility index (Phi) is 6.24. The molecule has 8 nitrogen and oxygen atoms in total. The Morgan fingerprint density at radius 1 is 1.11 bits per heavy atom. The van der Waals surface area contributed by atoms with Gasteiger partial charge in [0.2, 0.25) is 5.91 Å². The number of nitrogens with one attached hydrogen (secondary N) is 1. The summed E-state index contributed by atoms with van der Waals surface area (Å²) in [6, 6.07) is 4.49. The second-order valence-electron chi connectivity index (χ2n) is 8.44. The average molecular weight is 572 g/mol. The van der Waals surface area contributed by atoms with Crippen LogP contribution in [0.15, 0.2) is 28.8 Å². The van der Waals surface area contributed by atoms with Gasteiger partial charge in [0.15, 0.2) is 11.5 Å². The van der Waals surface area contributed by atoms with E-state index in [-0.39, 0.29) is 26.6 Å². The Morgan fingerprint density at radius 2 is 1.74 bits per heavy atom. The first-order valence-electron chi connectivity index (χ1n) is 10.4. The summed E-state index contributed by atoms with van der Waals surface area (Å²) in [6.07, 6.45) is -11.4. The zero-order valence-corrected chi connectivity index (χ0v) is 19.5. The minimum Gasteiger partial charge on any atom is -0.368 e. The minimum atomic E-state index is -6.36. The highest BCUT2D eigenvalue weighted by Crippen LogP contribution is 2.50. The summed E-state index contributed by atoms with van der Waals surface area (Å²) >= 11 is 6.06. The van der Waals surface area contributed by atoms with Crippen molar-refractivity contribution in [2.24, 2.45) is 12.8 Å². The van der Waals surface area contributed by atoms with Gasteiger partial charge in [0, 0.05) is 18.7 Å². The Bertz CT molecular complexity index is 1440. The van der Waals surface area contributed by atoms with Crippen molar-refractivity contribution in [2.75, 3.05) is 0 Å². The maximum Gasteiger partial charge on any atom is 0.459 e. The van der Waals surface area contributed by atoms with Crippen LogP contribution in [0.2, 0.25) is 5.02 Å². The Labute approximate surface area is 211 Å². The third-order valence-corrected chi connectivity index (χ3v) is 6.14. The van der Waals surface area contributed by atoms with E-state index >= 15 is 0 Å². The standard InChI is InChI=1S/C21H14ClF8N5O3/c1-35-14(13(20(25,26)27)15(33-35)19(23,24)21(28,29)30)11-7-12(38-34-11)8-2-3-10(22)9(6-8)16(36)32-18(4-5-18)17(31)37/h2-3,6-7H,4-5H2,1H3,(H2,31,37)(H,32,36). The molecule has 0 radical (unpaired) electrons. The van der Waals surface area contributed by atoms with E-state index < -0.39 is 58.3 Å². The van der Waals surface area contributed by atoms with Crippen LogP contribution in [0.3, 0.4) is 0 Å². The van der Waals surface area contributed by atoms with Gasteiger partial charge < -0.3 is 15.6 Å². The van der Waals surface area contributed by atoms with Crippen LogP contribution >= 0.6 is 11.6 Å². The van der Waals surface area contributed by atoms with Crippen LogP contribution in [0.4, 0.5) is 35.1 Å². The molecule has 1 aliphatic rings. The molecule has 204 valence electrons. The lowest BCUT2D eigenvalue weighted by molar-refractivity contribution is -0.292. The first-order chi connectivity index (χ1) is 17.4. The fraction of sp³-hybridized carbons (Fsp3) is 0.333. The number of nitrogens with two attached hydrogens (primary N) is 1. The van der Waals surface area contributed by atoms with Crippen molar-refractivity contribution in [1.82, 2.24) is 20.3 Å². The molecule has 3 aromatic rings. The summed E-state index contributed by atoms with van der Waals surface area (Å²) in [6.45, 7) is 0. The van der Waals surface area contributed by atoms with Gasteiger partial charge in [-0.2, -0.15) is 40.2 Å². The molecule has 0 bridgehead atoms. The third-order valence-electron chi connectivity index (χ3n) is 5.81. The first-order valence-corrected chi connectivity index (χ1v) is 10.8. The number of nitrogens with zero attached hydrogens (tertiary/aromatic N) is 3. The number of aromatic nitrogens is 3. The van der Waals surface area contributed by atoms with Gasteiger partial charge in [0.05, 0.1) is 10.6 Å². The van der Waals surface area contributed by atoms with E-state index in [0.717, 1.165) is 19.2 Å². The maximum absolute atomic E-state index is 13.9. The van der Waals surface area contributed by atoms with Crippen LogP contribution in [0, 0.1) is 0 Å².